The summed E-state index contributed by atoms with van der Waals surface area (Å²) in [5.74, 6) is 0.914. The summed E-state index contributed by atoms with van der Waals surface area (Å²) in [6.07, 6.45) is 0.886. The molecule has 1 atom stereocenters. The van der Waals surface area contributed by atoms with Crippen molar-refractivity contribution in [2.75, 3.05) is 14.2 Å². The normalized spacial score (nSPS) is 12.4. The van der Waals surface area contributed by atoms with E-state index in [1.54, 1.807) is 7.11 Å². The van der Waals surface area contributed by atoms with Crippen LogP contribution >= 0.6 is 11.5 Å². The van der Waals surface area contributed by atoms with Gasteiger partial charge in [0.25, 0.3) is 0 Å². The van der Waals surface area contributed by atoms with E-state index in [9.17, 15) is 0 Å². The van der Waals surface area contributed by atoms with Crippen molar-refractivity contribution in [1.82, 2.24) is 14.9 Å². The molecular formula is C15H21N3OS. The molecule has 0 bridgehead atoms. The van der Waals surface area contributed by atoms with Crippen LogP contribution < -0.4 is 10.1 Å². The maximum Gasteiger partial charge on any atom is 0.124 e. The van der Waals surface area contributed by atoms with Gasteiger partial charge in [-0.25, -0.2) is 0 Å². The van der Waals surface area contributed by atoms with Crippen molar-refractivity contribution >= 4 is 11.5 Å². The van der Waals surface area contributed by atoms with E-state index in [0.717, 1.165) is 17.9 Å². The third-order valence-electron chi connectivity index (χ3n) is 3.47. The second-order valence-corrected chi connectivity index (χ2v) is 5.64. The van der Waals surface area contributed by atoms with E-state index in [0.29, 0.717) is 0 Å². The number of rotatable bonds is 5. The smallest absolute Gasteiger partial charge is 0.124 e. The zero-order valence-electron chi connectivity index (χ0n) is 12.7. The van der Waals surface area contributed by atoms with Crippen molar-refractivity contribution in [1.29, 1.82) is 0 Å². The summed E-state index contributed by atoms with van der Waals surface area (Å²) in [7, 11) is 3.68. The second-order valence-electron chi connectivity index (χ2n) is 4.86. The van der Waals surface area contributed by atoms with Crippen LogP contribution in [0.3, 0.4) is 0 Å². The number of hydrogen-bond donors (Lipinski definition) is 1. The van der Waals surface area contributed by atoms with Gasteiger partial charge < -0.3 is 10.1 Å². The Labute approximate surface area is 124 Å². The molecule has 2 aromatic rings. The van der Waals surface area contributed by atoms with Crippen molar-refractivity contribution in [2.45, 2.75) is 33.2 Å². The monoisotopic (exact) mass is 291 g/mol. The van der Waals surface area contributed by atoms with Gasteiger partial charge in [-0.1, -0.05) is 17.5 Å². The summed E-state index contributed by atoms with van der Waals surface area (Å²) in [5, 5.41) is 7.60. The number of benzene rings is 1. The van der Waals surface area contributed by atoms with Crippen molar-refractivity contribution < 1.29 is 4.74 Å². The standard InChI is InChI=1S/C15H21N3OS/c1-6-11-15(20-18-17-11)14(16-4)13-10(3)7-9(2)8-12(13)19-5/h7-8,14,16H,6H2,1-5H3. The predicted octanol–water partition coefficient (Wildman–Crippen LogP) is 3.03. The Bertz CT molecular complexity index is 595. The van der Waals surface area contributed by atoms with Crippen LogP contribution in [-0.2, 0) is 6.42 Å². The molecule has 1 aromatic heterocycles. The summed E-state index contributed by atoms with van der Waals surface area (Å²) in [6.45, 7) is 6.31. The Morgan fingerprint density at radius 1 is 1.35 bits per heavy atom. The van der Waals surface area contributed by atoms with Crippen molar-refractivity contribution in [2.24, 2.45) is 0 Å². The van der Waals surface area contributed by atoms with Gasteiger partial charge in [-0.3, -0.25) is 0 Å². The lowest BCUT2D eigenvalue weighted by atomic mass is 9.96. The Balaban J connectivity index is 2.58. The molecule has 5 heteroatoms. The molecular weight excluding hydrogens is 270 g/mol. The van der Waals surface area contributed by atoms with E-state index >= 15 is 0 Å². The first-order valence-corrected chi connectivity index (χ1v) is 7.53. The van der Waals surface area contributed by atoms with E-state index in [4.69, 9.17) is 4.74 Å². The van der Waals surface area contributed by atoms with Gasteiger partial charge in [0.05, 0.1) is 23.7 Å². The maximum absolute atomic E-state index is 5.59. The van der Waals surface area contributed by atoms with Gasteiger partial charge in [0.15, 0.2) is 0 Å². The number of ether oxygens (including phenoxy) is 1. The number of aromatic nitrogens is 2. The van der Waals surface area contributed by atoms with Crippen LogP contribution in [0.5, 0.6) is 5.75 Å². The molecule has 108 valence electrons. The molecule has 1 heterocycles. The van der Waals surface area contributed by atoms with Gasteiger partial charge in [-0.15, -0.1) is 5.10 Å². The second kappa shape index (κ2) is 6.33. The minimum atomic E-state index is 0.0699. The summed E-state index contributed by atoms with van der Waals surface area (Å²) in [4.78, 5) is 1.17. The summed E-state index contributed by atoms with van der Waals surface area (Å²) >= 11 is 1.45. The van der Waals surface area contributed by atoms with Crippen molar-refractivity contribution in [3.05, 3.63) is 39.4 Å². The highest BCUT2D eigenvalue weighted by Gasteiger charge is 2.24. The average Bonchev–Trinajstić information content (AvgIpc) is 2.89. The fourth-order valence-electron chi connectivity index (χ4n) is 2.57. The van der Waals surface area contributed by atoms with Crippen molar-refractivity contribution in [3.63, 3.8) is 0 Å². The predicted molar refractivity (Wildman–Crippen MR) is 82.7 cm³/mol. The molecule has 0 aliphatic rings. The Kier molecular flexibility index (Phi) is 4.73. The molecule has 0 spiro atoms. The first kappa shape index (κ1) is 14.9. The van der Waals surface area contributed by atoms with Crippen LogP contribution in [0.15, 0.2) is 12.1 Å². The zero-order chi connectivity index (χ0) is 14.7. The van der Waals surface area contributed by atoms with Crippen LogP contribution in [0, 0.1) is 13.8 Å². The lowest BCUT2D eigenvalue weighted by Crippen LogP contribution is -2.20. The van der Waals surface area contributed by atoms with Gasteiger partial charge >= 0.3 is 0 Å². The van der Waals surface area contributed by atoms with E-state index in [-0.39, 0.29) is 6.04 Å². The number of aryl methyl sites for hydroxylation is 3. The third kappa shape index (κ3) is 2.69. The van der Waals surface area contributed by atoms with Crippen molar-refractivity contribution in [3.8, 4) is 5.75 Å². The molecule has 0 fully saturated rings. The van der Waals surface area contributed by atoms with Gasteiger partial charge in [-0.2, -0.15) is 0 Å². The Morgan fingerprint density at radius 2 is 2.10 bits per heavy atom. The molecule has 0 saturated heterocycles. The van der Waals surface area contributed by atoms with Crippen LogP contribution in [-0.4, -0.2) is 23.7 Å². The summed E-state index contributed by atoms with van der Waals surface area (Å²) in [6, 6.07) is 4.33. The highest BCUT2D eigenvalue weighted by Crippen LogP contribution is 2.36. The fraction of sp³-hybridized carbons (Fsp3) is 0.467. The van der Waals surface area contributed by atoms with Crippen LogP contribution in [0.4, 0.5) is 0 Å². The molecule has 4 nitrogen and oxygen atoms in total. The van der Waals surface area contributed by atoms with Gasteiger partial charge in [-0.05, 0) is 56.0 Å². The summed E-state index contributed by atoms with van der Waals surface area (Å²) < 4.78 is 9.69. The van der Waals surface area contributed by atoms with E-state index in [1.807, 2.05) is 7.05 Å². The minimum absolute atomic E-state index is 0.0699. The first-order chi connectivity index (χ1) is 9.62. The third-order valence-corrected chi connectivity index (χ3v) is 4.30. The number of hydrogen-bond acceptors (Lipinski definition) is 5. The topological polar surface area (TPSA) is 47.0 Å². The first-order valence-electron chi connectivity index (χ1n) is 6.75. The van der Waals surface area contributed by atoms with E-state index < -0.39 is 0 Å². The molecule has 0 aliphatic carbocycles. The number of nitrogens with one attached hydrogen (secondary N) is 1. The molecule has 2 rings (SSSR count). The van der Waals surface area contributed by atoms with E-state index in [1.165, 1.54) is 33.1 Å². The summed E-state index contributed by atoms with van der Waals surface area (Å²) in [5.41, 5.74) is 4.64. The van der Waals surface area contributed by atoms with Crippen LogP contribution in [0.1, 0.15) is 40.2 Å². The average molecular weight is 291 g/mol. The highest BCUT2D eigenvalue weighted by atomic mass is 32.1. The quantitative estimate of drug-likeness (QED) is 0.920. The highest BCUT2D eigenvalue weighted by molar-refractivity contribution is 7.05. The maximum atomic E-state index is 5.59. The minimum Gasteiger partial charge on any atom is -0.496 e. The van der Waals surface area contributed by atoms with Gasteiger partial charge in [0.2, 0.25) is 0 Å². The molecule has 1 N–H and O–H groups in total. The lowest BCUT2D eigenvalue weighted by molar-refractivity contribution is 0.404. The molecule has 0 saturated carbocycles. The molecule has 0 amide bonds. The zero-order valence-corrected chi connectivity index (χ0v) is 13.5. The lowest BCUT2D eigenvalue weighted by Gasteiger charge is -2.21. The molecule has 0 aliphatic heterocycles. The molecule has 0 radical (unpaired) electrons. The van der Waals surface area contributed by atoms with Crippen LogP contribution in [0.25, 0.3) is 0 Å². The van der Waals surface area contributed by atoms with Crippen LogP contribution in [0.2, 0.25) is 0 Å². The Morgan fingerprint density at radius 3 is 2.70 bits per heavy atom. The van der Waals surface area contributed by atoms with Gasteiger partial charge in [0, 0.05) is 5.56 Å². The SMILES string of the molecule is CCc1nnsc1C(NC)c1c(C)cc(C)cc1OC. The fourth-order valence-corrected chi connectivity index (χ4v) is 3.42. The van der Waals surface area contributed by atoms with Gasteiger partial charge in [0.1, 0.15) is 5.75 Å². The largest absolute Gasteiger partial charge is 0.496 e. The Hall–Kier alpha value is -1.46. The molecule has 1 unspecified atom stereocenters. The van der Waals surface area contributed by atoms with E-state index in [2.05, 4.69) is 47.8 Å². The molecule has 1 aromatic carbocycles. The number of nitrogens with zero attached hydrogens (tertiary/aromatic N) is 2. The molecule has 20 heavy (non-hydrogen) atoms. The number of methoxy groups -OCH3 is 1.